The number of aromatic hydroxyl groups is 1. The molecule has 1 aromatic carbocycles. The summed E-state index contributed by atoms with van der Waals surface area (Å²) in [7, 11) is 1.46. The van der Waals surface area contributed by atoms with Gasteiger partial charge in [0.2, 0.25) is 0 Å². The first-order chi connectivity index (χ1) is 8.58. The number of ether oxygens (including phenoxy) is 1. The van der Waals surface area contributed by atoms with Gasteiger partial charge < -0.3 is 20.9 Å². The van der Waals surface area contributed by atoms with Crippen LogP contribution in [0.3, 0.4) is 0 Å². The average molecular weight is 252 g/mol. The molecule has 5 heteroatoms. The predicted octanol–water partition coefficient (Wildman–Crippen LogP) is 1.12. The minimum atomic E-state index is -0.211. The molecule has 1 amide bonds. The zero-order valence-electron chi connectivity index (χ0n) is 10.8. The number of rotatable bonds is 6. The summed E-state index contributed by atoms with van der Waals surface area (Å²) in [5.41, 5.74) is 5.85. The van der Waals surface area contributed by atoms with Crippen LogP contribution in [0.25, 0.3) is 0 Å². The molecule has 0 fully saturated rings. The number of hydrogen-bond acceptors (Lipinski definition) is 4. The van der Waals surface area contributed by atoms with Crippen molar-refractivity contribution in [3.8, 4) is 11.5 Å². The van der Waals surface area contributed by atoms with Crippen LogP contribution in [0.15, 0.2) is 18.2 Å². The molecule has 0 aromatic heterocycles. The zero-order chi connectivity index (χ0) is 13.5. The summed E-state index contributed by atoms with van der Waals surface area (Å²) in [6, 6.07) is 4.57. The predicted molar refractivity (Wildman–Crippen MR) is 69.8 cm³/mol. The Hall–Kier alpha value is -1.75. The lowest BCUT2D eigenvalue weighted by molar-refractivity contribution is 0.0947. The lowest BCUT2D eigenvalue weighted by atomic mass is 10.1. The number of carbonyl (C=O) groups excluding carboxylic acids is 1. The fourth-order valence-corrected chi connectivity index (χ4v) is 1.59. The van der Waals surface area contributed by atoms with Crippen molar-refractivity contribution in [3.63, 3.8) is 0 Å². The van der Waals surface area contributed by atoms with Crippen LogP contribution < -0.4 is 15.8 Å². The Bertz CT molecular complexity index is 407. The first-order valence-electron chi connectivity index (χ1n) is 5.93. The number of hydrogen-bond donors (Lipinski definition) is 3. The van der Waals surface area contributed by atoms with Crippen LogP contribution in [0.1, 0.15) is 23.7 Å². The Morgan fingerprint density at radius 2 is 2.28 bits per heavy atom. The number of nitrogens with one attached hydrogen (secondary N) is 1. The third kappa shape index (κ3) is 3.92. The molecule has 0 bridgehead atoms. The summed E-state index contributed by atoms with van der Waals surface area (Å²) >= 11 is 0. The number of amides is 1. The Kier molecular flexibility index (Phi) is 5.45. The van der Waals surface area contributed by atoms with Gasteiger partial charge in [0, 0.05) is 12.1 Å². The van der Waals surface area contributed by atoms with E-state index in [0.29, 0.717) is 30.3 Å². The largest absolute Gasteiger partial charge is 0.504 e. The van der Waals surface area contributed by atoms with Crippen LogP contribution in [0.5, 0.6) is 11.5 Å². The fraction of sp³-hybridized carbons (Fsp3) is 0.462. The van der Waals surface area contributed by atoms with E-state index in [9.17, 15) is 9.90 Å². The average Bonchev–Trinajstić information content (AvgIpc) is 2.36. The van der Waals surface area contributed by atoms with Gasteiger partial charge in [-0.25, -0.2) is 0 Å². The minimum absolute atomic E-state index is 0.0415. The van der Waals surface area contributed by atoms with E-state index in [0.717, 1.165) is 6.42 Å². The summed E-state index contributed by atoms with van der Waals surface area (Å²) in [6.07, 6.45) is 0.869. The second-order valence-electron chi connectivity index (χ2n) is 4.28. The van der Waals surface area contributed by atoms with Gasteiger partial charge in [0.25, 0.3) is 5.91 Å². The highest BCUT2D eigenvalue weighted by Crippen LogP contribution is 2.26. The van der Waals surface area contributed by atoms with Gasteiger partial charge in [-0.15, -0.1) is 0 Å². The van der Waals surface area contributed by atoms with Crippen molar-refractivity contribution in [2.75, 3.05) is 20.2 Å². The van der Waals surface area contributed by atoms with Gasteiger partial charge >= 0.3 is 0 Å². The summed E-state index contributed by atoms with van der Waals surface area (Å²) in [5.74, 6) is 0.436. The molecule has 0 saturated heterocycles. The van der Waals surface area contributed by atoms with Gasteiger partial charge in [-0.2, -0.15) is 0 Å². The van der Waals surface area contributed by atoms with E-state index >= 15 is 0 Å². The third-order valence-corrected chi connectivity index (χ3v) is 2.71. The molecule has 0 spiro atoms. The maximum atomic E-state index is 11.8. The molecular formula is C13H20N2O3. The lowest BCUT2D eigenvalue weighted by Crippen LogP contribution is -2.29. The van der Waals surface area contributed by atoms with E-state index in [4.69, 9.17) is 10.5 Å². The van der Waals surface area contributed by atoms with Crippen LogP contribution in [0, 0.1) is 5.92 Å². The van der Waals surface area contributed by atoms with Crippen LogP contribution in [0.4, 0.5) is 0 Å². The molecule has 1 aromatic rings. The van der Waals surface area contributed by atoms with Crippen LogP contribution >= 0.6 is 0 Å². The monoisotopic (exact) mass is 252 g/mol. The van der Waals surface area contributed by atoms with Crippen molar-refractivity contribution in [3.05, 3.63) is 23.8 Å². The van der Waals surface area contributed by atoms with Crippen LogP contribution in [0.2, 0.25) is 0 Å². The number of carbonyl (C=O) groups is 1. The van der Waals surface area contributed by atoms with Crippen molar-refractivity contribution in [1.29, 1.82) is 0 Å². The summed E-state index contributed by atoms with van der Waals surface area (Å²) in [5, 5.41) is 12.4. The van der Waals surface area contributed by atoms with Crippen molar-refractivity contribution in [2.45, 2.75) is 13.3 Å². The first kappa shape index (κ1) is 14.3. The molecule has 1 rings (SSSR count). The smallest absolute Gasteiger partial charge is 0.251 e. The number of nitrogens with two attached hydrogens (primary N) is 1. The van der Waals surface area contributed by atoms with Crippen molar-refractivity contribution in [1.82, 2.24) is 5.32 Å². The normalized spacial score (nSPS) is 11.9. The highest BCUT2D eigenvalue weighted by molar-refractivity contribution is 5.94. The first-order valence-corrected chi connectivity index (χ1v) is 5.93. The molecule has 18 heavy (non-hydrogen) atoms. The molecule has 100 valence electrons. The van der Waals surface area contributed by atoms with E-state index in [1.807, 2.05) is 6.92 Å². The lowest BCUT2D eigenvalue weighted by Gasteiger charge is -2.12. The van der Waals surface area contributed by atoms with Crippen molar-refractivity contribution >= 4 is 5.91 Å². The summed E-state index contributed by atoms with van der Waals surface area (Å²) in [6.45, 7) is 3.21. The second kappa shape index (κ2) is 6.86. The van der Waals surface area contributed by atoms with Crippen LogP contribution in [-0.4, -0.2) is 31.2 Å². The zero-order valence-corrected chi connectivity index (χ0v) is 10.8. The number of phenols is 1. The maximum absolute atomic E-state index is 11.8. The Morgan fingerprint density at radius 3 is 2.83 bits per heavy atom. The molecule has 1 unspecified atom stereocenters. The Balaban J connectivity index is 2.59. The second-order valence-corrected chi connectivity index (χ2v) is 4.28. The molecule has 0 radical (unpaired) electrons. The molecule has 0 heterocycles. The molecule has 5 nitrogen and oxygen atoms in total. The summed E-state index contributed by atoms with van der Waals surface area (Å²) < 4.78 is 4.91. The van der Waals surface area contributed by atoms with Gasteiger partial charge in [0.15, 0.2) is 11.5 Å². The van der Waals surface area contributed by atoms with Gasteiger partial charge in [-0.3, -0.25) is 4.79 Å². The van der Waals surface area contributed by atoms with E-state index in [1.54, 1.807) is 12.1 Å². The Morgan fingerprint density at radius 1 is 1.56 bits per heavy atom. The standard InChI is InChI=1S/C13H20N2O3/c1-9(5-6-14)8-15-13(17)10-3-4-12(18-2)11(16)7-10/h3-4,7,9,16H,5-6,8,14H2,1-2H3,(H,15,17). The van der Waals surface area contributed by atoms with E-state index < -0.39 is 0 Å². The molecule has 1 atom stereocenters. The molecule has 0 aliphatic heterocycles. The third-order valence-electron chi connectivity index (χ3n) is 2.71. The van der Waals surface area contributed by atoms with E-state index in [1.165, 1.54) is 13.2 Å². The highest BCUT2D eigenvalue weighted by Gasteiger charge is 2.10. The van der Waals surface area contributed by atoms with Gasteiger partial charge in [0.05, 0.1) is 7.11 Å². The van der Waals surface area contributed by atoms with Gasteiger partial charge in [-0.05, 0) is 37.1 Å². The molecule has 0 aliphatic rings. The minimum Gasteiger partial charge on any atom is -0.504 e. The molecule has 0 aliphatic carbocycles. The number of benzene rings is 1. The Labute approximate surface area is 107 Å². The van der Waals surface area contributed by atoms with E-state index in [2.05, 4.69) is 5.32 Å². The van der Waals surface area contributed by atoms with Gasteiger partial charge in [0.1, 0.15) is 0 Å². The topological polar surface area (TPSA) is 84.6 Å². The highest BCUT2D eigenvalue weighted by atomic mass is 16.5. The molecule has 4 N–H and O–H groups in total. The maximum Gasteiger partial charge on any atom is 0.251 e. The number of methoxy groups -OCH3 is 1. The molecule has 0 saturated carbocycles. The van der Waals surface area contributed by atoms with Crippen molar-refractivity contribution < 1.29 is 14.6 Å². The summed E-state index contributed by atoms with van der Waals surface area (Å²) in [4.78, 5) is 11.8. The molecular weight excluding hydrogens is 232 g/mol. The van der Waals surface area contributed by atoms with Gasteiger partial charge in [-0.1, -0.05) is 6.92 Å². The number of phenolic OH excluding ortho intramolecular Hbond substituents is 1. The van der Waals surface area contributed by atoms with Crippen LogP contribution in [-0.2, 0) is 0 Å². The SMILES string of the molecule is COc1ccc(C(=O)NCC(C)CCN)cc1O. The quantitative estimate of drug-likeness (QED) is 0.708. The fourth-order valence-electron chi connectivity index (χ4n) is 1.59. The van der Waals surface area contributed by atoms with E-state index in [-0.39, 0.29) is 11.7 Å². The van der Waals surface area contributed by atoms with Crippen molar-refractivity contribution in [2.24, 2.45) is 11.7 Å².